The number of nitrogens with one attached hydrogen (secondary N) is 2. The van der Waals surface area contributed by atoms with Crippen molar-refractivity contribution in [3.05, 3.63) is 65.7 Å². The third-order valence-corrected chi connectivity index (χ3v) is 4.39. The van der Waals surface area contributed by atoms with Gasteiger partial charge in [0.1, 0.15) is 5.69 Å². The lowest BCUT2D eigenvalue weighted by molar-refractivity contribution is 0.102. The molecule has 0 atom stereocenters. The van der Waals surface area contributed by atoms with Crippen molar-refractivity contribution in [2.75, 3.05) is 5.32 Å². The minimum absolute atomic E-state index is 0.116. The number of benzene rings is 2. The fourth-order valence-electron chi connectivity index (χ4n) is 2.49. The molecule has 102 valence electrons. The Morgan fingerprint density at radius 3 is 2.81 bits per heavy atom. The van der Waals surface area contributed by atoms with E-state index in [-0.39, 0.29) is 5.91 Å². The zero-order valence-corrected chi connectivity index (χ0v) is 11.9. The quantitative estimate of drug-likeness (QED) is 0.555. The van der Waals surface area contributed by atoms with Gasteiger partial charge in [0.15, 0.2) is 0 Å². The summed E-state index contributed by atoms with van der Waals surface area (Å²) in [6.07, 6.45) is 0. The van der Waals surface area contributed by atoms with E-state index in [1.807, 2.05) is 60.0 Å². The second-order valence-electron chi connectivity index (χ2n) is 4.86. The van der Waals surface area contributed by atoms with E-state index in [0.717, 1.165) is 26.7 Å². The molecular weight excluding hydrogens is 280 g/mol. The maximum Gasteiger partial charge on any atom is 0.272 e. The van der Waals surface area contributed by atoms with Crippen LogP contribution >= 0.6 is 11.3 Å². The van der Waals surface area contributed by atoms with Gasteiger partial charge in [-0.1, -0.05) is 36.4 Å². The topological polar surface area (TPSA) is 44.9 Å². The van der Waals surface area contributed by atoms with E-state index in [9.17, 15) is 4.79 Å². The minimum Gasteiger partial charge on any atom is -0.350 e. The fraction of sp³-hybridized carbons (Fsp3) is 0. The summed E-state index contributed by atoms with van der Waals surface area (Å²) in [6.45, 7) is 0. The molecule has 1 amide bonds. The minimum atomic E-state index is -0.116. The molecule has 4 rings (SSSR count). The van der Waals surface area contributed by atoms with Crippen LogP contribution in [0.5, 0.6) is 0 Å². The number of aromatic amines is 1. The van der Waals surface area contributed by atoms with Crippen molar-refractivity contribution in [2.45, 2.75) is 0 Å². The molecular formula is C17H12N2OS. The lowest BCUT2D eigenvalue weighted by atomic mass is 10.1. The van der Waals surface area contributed by atoms with E-state index in [0.29, 0.717) is 5.69 Å². The average molecular weight is 292 g/mol. The van der Waals surface area contributed by atoms with Gasteiger partial charge in [-0.05, 0) is 29.0 Å². The molecule has 2 heterocycles. The summed E-state index contributed by atoms with van der Waals surface area (Å²) in [6, 6.07) is 17.8. The van der Waals surface area contributed by atoms with Crippen LogP contribution in [0.4, 0.5) is 5.69 Å². The van der Waals surface area contributed by atoms with Crippen LogP contribution in [0.2, 0.25) is 0 Å². The second-order valence-corrected chi connectivity index (χ2v) is 5.81. The molecule has 21 heavy (non-hydrogen) atoms. The second kappa shape index (κ2) is 4.75. The molecule has 4 heteroatoms. The van der Waals surface area contributed by atoms with Crippen LogP contribution in [0.3, 0.4) is 0 Å². The number of anilines is 1. The summed E-state index contributed by atoms with van der Waals surface area (Å²) in [5.74, 6) is -0.116. The molecule has 0 aliphatic rings. The first-order valence-corrected chi connectivity index (χ1v) is 7.54. The van der Waals surface area contributed by atoms with Crippen LogP contribution in [0.25, 0.3) is 21.0 Å². The van der Waals surface area contributed by atoms with E-state index in [1.54, 1.807) is 11.3 Å². The van der Waals surface area contributed by atoms with Gasteiger partial charge in [-0.2, -0.15) is 0 Å². The zero-order chi connectivity index (χ0) is 14.2. The van der Waals surface area contributed by atoms with Crippen molar-refractivity contribution in [2.24, 2.45) is 0 Å². The van der Waals surface area contributed by atoms with Crippen molar-refractivity contribution in [1.29, 1.82) is 0 Å². The molecule has 0 spiro atoms. The summed E-state index contributed by atoms with van der Waals surface area (Å²) < 4.78 is 1.10. The van der Waals surface area contributed by atoms with Gasteiger partial charge in [0.2, 0.25) is 0 Å². The zero-order valence-electron chi connectivity index (χ0n) is 11.1. The highest BCUT2D eigenvalue weighted by molar-refractivity contribution is 7.17. The number of hydrogen-bond donors (Lipinski definition) is 2. The van der Waals surface area contributed by atoms with Gasteiger partial charge in [-0.25, -0.2) is 0 Å². The molecule has 2 N–H and O–H groups in total. The number of rotatable bonds is 2. The Balaban J connectivity index is 1.71. The van der Waals surface area contributed by atoms with Crippen molar-refractivity contribution >= 4 is 43.9 Å². The number of fused-ring (bicyclic) bond motifs is 2. The Bertz CT molecular complexity index is 918. The van der Waals surface area contributed by atoms with Gasteiger partial charge in [0.25, 0.3) is 5.91 Å². The largest absolute Gasteiger partial charge is 0.350 e. The summed E-state index contributed by atoms with van der Waals surface area (Å²) in [5, 5.41) is 7.15. The van der Waals surface area contributed by atoms with Gasteiger partial charge in [-0.15, -0.1) is 11.3 Å². The normalized spacial score (nSPS) is 11.0. The summed E-state index contributed by atoms with van der Waals surface area (Å²) >= 11 is 1.62. The van der Waals surface area contributed by atoms with E-state index >= 15 is 0 Å². The van der Waals surface area contributed by atoms with E-state index < -0.39 is 0 Å². The first kappa shape index (κ1) is 12.2. The highest BCUT2D eigenvalue weighted by Gasteiger charge is 2.11. The molecule has 0 aliphatic heterocycles. The Morgan fingerprint density at radius 2 is 1.90 bits per heavy atom. The first-order valence-electron chi connectivity index (χ1n) is 6.66. The third-order valence-electron chi connectivity index (χ3n) is 3.52. The van der Waals surface area contributed by atoms with Crippen molar-refractivity contribution in [1.82, 2.24) is 4.98 Å². The molecule has 3 nitrogen and oxygen atoms in total. The third kappa shape index (κ3) is 2.10. The molecule has 0 bridgehead atoms. The standard InChI is InChI=1S/C17H12N2OS/c20-17(15-10-16-14(18-15)8-9-21-16)19-13-7-3-5-11-4-1-2-6-12(11)13/h1-10,18H,(H,19,20). The van der Waals surface area contributed by atoms with Gasteiger partial charge in [0.05, 0.1) is 10.2 Å². The average Bonchev–Trinajstić information content (AvgIpc) is 3.09. The van der Waals surface area contributed by atoms with Gasteiger partial charge >= 0.3 is 0 Å². The van der Waals surface area contributed by atoms with Gasteiger partial charge < -0.3 is 10.3 Å². The maximum absolute atomic E-state index is 12.4. The van der Waals surface area contributed by atoms with E-state index in [4.69, 9.17) is 0 Å². The van der Waals surface area contributed by atoms with Crippen molar-refractivity contribution in [3.63, 3.8) is 0 Å². The van der Waals surface area contributed by atoms with Crippen molar-refractivity contribution in [3.8, 4) is 0 Å². The highest BCUT2D eigenvalue weighted by Crippen LogP contribution is 2.25. The number of carbonyl (C=O) groups excluding carboxylic acids is 1. The smallest absolute Gasteiger partial charge is 0.272 e. The lowest BCUT2D eigenvalue weighted by Crippen LogP contribution is -2.12. The summed E-state index contributed by atoms with van der Waals surface area (Å²) in [7, 11) is 0. The molecule has 2 aromatic heterocycles. The predicted molar refractivity (Wildman–Crippen MR) is 88.1 cm³/mol. The highest BCUT2D eigenvalue weighted by atomic mass is 32.1. The van der Waals surface area contributed by atoms with Crippen LogP contribution in [0.15, 0.2) is 60.0 Å². The van der Waals surface area contributed by atoms with Crippen LogP contribution in [0, 0.1) is 0 Å². The number of thiophene rings is 1. The molecule has 0 fully saturated rings. The SMILES string of the molecule is O=C(Nc1cccc2ccccc12)c1cc2sccc2[nH]1. The number of carbonyl (C=O) groups is 1. The van der Waals surface area contributed by atoms with Gasteiger partial charge in [-0.3, -0.25) is 4.79 Å². The molecule has 2 aromatic carbocycles. The summed E-state index contributed by atoms with van der Waals surface area (Å²) in [5.41, 5.74) is 2.42. The number of aromatic nitrogens is 1. The van der Waals surface area contributed by atoms with Gasteiger partial charge in [0, 0.05) is 11.1 Å². The fourth-order valence-corrected chi connectivity index (χ4v) is 3.28. The Kier molecular flexibility index (Phi) is 2.75. The van der Waals surface area contributed by atoms with Crippen LogP contribution in [-0.2, 0) is 0 Å². The molecule has 0 saturated heterocycles. The molecule has 0 saturated carbocycles. The number of hydrogen-bond acceptors (Lipinski definition) is 2. The molecule has 0 unspecified atom stereocenters. The molecule has 0 radical (unpaired) electrons. The Labute approximate surface area is 125 Å². The molecule has 4 aromatic rings. The first-order chi connectivity index (χ1) is 10.3. The van der Waals surface area contributed by atoms with E-state index in [2.05, 4.69) is 10.3 Å². The monoisotopic (exact) mass is 292 g/mol. The predicted octanol–water partition coefficient (Wildman–Crippen LogP) is 4.63. The molecule has 0 aliphatic carbocycles. The van der Waals surface area contributed by atoms with Crippen LogP contribution in [-0.4, -0.2) is 10.9 Å². The van der Waals surface area contributed by atoms with Crippen LogP contribution in [0.1, 0.15) is 10.5 Å². The Morgan fingerprint density at radius 1 is 1.05 bits per heavy atom. The lowest BCUT2D eigenvalue weighted by Gasteiger charge is -2.07. The van der Waals surface area contributed by atoms with Crippen LogP contribution < -0.4 is 5.32 Å². The maximum atomic E-state index is 12.4. The van der Waals surface area contributed by atoms with Crippen molar-refractivity contribution < 1.29 is 4.79 Å². The summed E-state index contributed by atoms with van der Waals surface area (Å²) in [4.78, 5) is 15.5. The number of amides is 1. The van der Waals surface area contributed by atoms with E-state index in [1.165, 1.54) is 0 Å². The Hall–Kier alpha value is -2.59. The number of H-pyrrole nitrogens is 1.